The molecule has 0 bridgehead atoms. The first-order valence-corrected chi connectivity index (χ1v) is 19.8. The third-order valence-corrected chi connectivity index (χ3v) is 11.7. The van der Waals surface area contributed by atoms with E-state index in [1.165, 1.54) is 32.7 Å². The Kier molecular flexibility index (Phi) is 7.29. The van der Waals surface area contributed by atoms with Gasteiger partial charge < -0.3 is 8.98 Å². The van der Waals surface area contributed by atoms with E-state index in [1.54, 1.807) is 0 Å². The van der Waals surface area contributed by atoms with E-state index in [0.29, 0.717) is 18.1 Å². The number of hydrogen-bond donors (Lipinski definition) is 0. The van der Waals surface area contributed by atoms with Crippen molar-refractivity contribution in [3.63, 3.8) is 0 Å². The normalized spacial score (nSPS) is 13.9. The lowest BCUT2D eigenvalue weighted by atomic mass is 9.93. The molecule has 0 aliphatic heterocycles. The maximum absolute atomic E-state index is 6.99. The second kappa shape index (κ2) is 13.0. The van der Waals surface area contributed by atoms with Crippen LogP contribution in [0.1, 0.15) is 23.1 Å². The quantitative estimate of drug-likeness (QED) is 0.176. The molecule has 0 amide bonds. The van der Waals surface area contributed by atoms with Gasteiger partial charge in [0.05, 0.1) is 16.7 Å². The zero-order valence-electron chi connectivity index (χ0n) is 31.4. The molecule has 0 spiro atoms. The van der Waals surface area contributed by atoms with E-state index in [9.17, 15) is 0 Å². The lowest BCUT2D eigenvalue weighted by Gasteiger charge is -2.17. The predicted molar refractivity (Wildman–Crippen MR) is 237 cm³/mol. The topological polar surface area (TPSA) is 56.7 Å². The minimum Gasteiger partial charge on any atom is -0.458 e. The Bertz CT molecular complexity index is 3350. The standard InChI is InChI=1S/C53H34N4O/c1-2-14-35(15-3-1)41-19-10-22-46-49(41)44-18-8-9-21-45(44)57(46)47-23-11-20-43-42-29-28-40(32-48(42)58-50(43)47)53-55-51(38-26-24-33-12-4-6-16-36(33)30-38)54-52(56-53)39-27-25-34-13-5-7-17-37(34)31-39/h1-31,40H,32H2. The van der Waals surface area contributed by atoms with Crippen LogP contribution in [0.15, 0.2) is 186 Å². The first-order chi connectivity index (χ1) is 28.7. The summed E-state index contributed by atoms with van der Waals surface area (Å²) in [4.78, 5) is 15.5. The molecule has 1 aliphatic carbocycles. The van der Waals surface area contributed by atoms with Crippen molar-refractivity contribution in [2.45, 2.75) is 12.3 Å². The molecule has 11 aromatic rings. The van der Waals surface area contributed by atoms with E-state index in [1.807, 2.05) is 0 Å². The highest BCUT2D eigenvalue weighted by Gasteiger charge is 2.27. The molecule has 5 heteroatoms. The highest BCUT2D eigenvalue weighted by atomic mass is 16.3. The van der Waals surface area contributed by atoms with Crippen molar-refractivity contribution in [2.24, 2.45) is 0 Å². The molecule has 272 valence electrons. The van der Waals surface area contributed by atoms with E-state index in [4.69, 9.17) is 19.4 Å². The monoisotopic (exact) mass is 742 g/mol. The predicted octanol–water partition coefficient (Wildman–Crippen LogP) is 13.4. The zero-order chi connectivity index (χ0) is 38.2. The summed E-state index contributed by atoms with van der Waals surface area (Å²) < 4.78 is 9.36. The van der Waals surface area contributed by atoms with Crippen LogP contribution in [0.5, 0.6) is 0 Å². The number of nitrogens with zero attached hydrogens (tertiary/aromatic N) is 4. The third-order valence-electron chi connectivity index (χ3n) is 11.7. The van der Waals surface area contributed by atoms with Crippen molar-refractivity contribution in [2.75, 3.05) is 0 Å². The summed E-state index contributed by atoms with van der Waals surface area (Å²) in [5.74, 6) is 2.86. The third kappa shape index (κ3) is 5.21. The van der Waals surface area contributed by atoms with Gasteiger partial charge >= 0.3 is 0 Å². The van der Waals surface area contributed by atoms with Crippen molar-refractivity contribution < 1.29 is 4.42 Å². The van der Waals surface area contributed by atoms with Crippen LogP contribution >= 0.6 is 0 Å². The number of para-hydroxylation sites is 2. The fraction of sp³-hybridized carbons (Fsp3) is 0.0377. The van der Waals surface area contributed by atoms with Crippen molar-refractivity contribution >= 4 is 60.4 Å². The lowest BCUT2D eigenvalue weighted by Crippen LogP contribution is -2.11. The number of benzene rings is 8. The molecule has 8 aromatic carbocycles. The first-order valence-electron chi connectivity index (χ1n) is 19.8. The van der Waals surface area contributed by atoms with Crippen LogP contribution in [0.25, 0.3) is 100.0 Å². The summed E-state index contributed by atoms with van der Waals surface area (Å²) in [7, 11) is 0. The van der Waals surface area contributed by atoms with E-state index < -0.39 is 0 Å². The molecular formula is C53H34N4O. The molecule has 3 aromatic heterocycles. The maximum Gasteiger partial charge on any atom is 0.163 e. The summed E-state index contributed by atoms with van der Waals surface area (Å²) in [5.41, 5.74) is 9.62. The van der Waals surface area contributed by atoms with Crippen molar-refractivity contribution in [3.8, 4) is 39.6 Å². The summed E-state index contributed by atoms with van der Waals surface area (Å²) in [6.07, 6.45) is 5.07. The Morgan fingerprint density at radius 3 is 1.86 bits per heavy atom. The van der Waals surface area contributed by atoms with Crippen LogP contribution in [0.4, 0.5) is 0 Å². The van der Waals surface area contributed by atoms with Gasteiger partial charge in [-0.1, -0.05) is 158 Å². The largest absolute Gasteiger partial charge is 0.458 e. The molecule has 1 aliphatic rings. The molecule has 3 heterocycles. The van der Waals surface area contributed by atoms with Gasteiger partial charge in [0.15, 0.2) is 17.2 Å². The Hall–Kier alpha value is -7.63. The van der Waals surface area contributed by atoms with Gasteiger partial charge in [0.2, 0.25) is 0 Å². The summed E-state index contributed by atoms with van der Waals surface area (Å²) in [5, 5.41) is 8.20. The van der Waals surface area contributed by atoms with Crippen molar-refractivity contribution in [3.05, 3.63) is 199 Å². The van der Waals surface area contributed by atoms with E-state index in [-0.39, 0.29) is 5.92 Å². The van der Waals surface area contributed by atoms with E-state index in [0.717, 1.165) is 66.7 Å². The molecular weight excluding hydrogens is 709 g/mol. The molecule has 58 heavy (non-hydrogen) atoms. The fourth-order valence-corrected chi connectivity index (χ4v) is 8.95. The van der Waals surface area contributed by atoms with Gasteiger partial charge in [-0.15, -0.1) is 0 Å². The fourth-order valence-electron chi connectivity index (χ4n) is 8.95. The highest BCUT2D eigenvalue weighted by Crippen LogP contribution is 2.43. The number of aromatic nitrogens is 4. The van der Waals surface area contributed by atoms with Crippen molar-refractivity contribution in [1.29, 1.82) is 0 Å². The van der Waals surface area contributed by atoms with Crippen LogP contribution in [-0.4, -0.2) is 19.5 Å². The van der Waals surface area contributed by atoms with Gasteiger partial charge in [0, 0.05) is 45.2 Å². The SMILES string of the molecule is C1=CC(c2nc(-c3ccc4ccccc4c3)nc(-c3ccc4ccccc4c3)n2)Cc2oc3c(-n4c5ccccc5c5c(-c6ccccc6)cccc54)cccc3c21. The van der Waals surface area contributed by atoms with Gasteiger partial charge in [-0.3, -0.25) is 0 Å². The first kappa shape index (κ1) is 32.6. The molecule has 0 saturated heterocycles. The Labute approximate surface area is 334 Å². The van der Waals surface area contributed by atoms with Crippen LogP contribution < -0.4 is 0 Å². The molecule has 1 unspecified atom stereocenters. The Morgan fingerprint density at radius 2 is 1.12 bits per heavy atom. The summed E-state index contributed by atoms with van der Waals surface area (Å²) in [6, 6.07) is 62.1. The lowest BCUT2D eigenvalue weighted by molar-refractivity contribution is 0.526. The van der Waals surface area contributed by atoms with Gasteiger partial charge in [0.1, 0.15) is 11.6 Å². The zero-order valence-corrected chi connectivity index (χ0v) is 31.4. The highest BCUT2D eigenvalue weighted by molar-refractivity contribution is 6.16. The Morgan fingerprint density at radius 1 is 0.500 bits per heavy atom. The molecule has 0 saturated carbocycles. The average molecular weight is 743 g/mol. The van der Waals surface area contributed by atoms with Crippen LogP contribution in [0.3, 0.4) is 0 Å². The molecule has 5 nitrogen and oxygen atoms in total. The minimum atomic E-state index is -0.111. The molecule has 1 atom stereocenters. The molecule has 0 fully saturated rings. The number of allylic oxidation sites excluding steroid dienone is 1. The maximum atomic E-state index is 6.99. The Balaban J connectivity index is 0.990. The average Bonchev–Trinajstić information content (AvgIpc) is 3.84. The number of rotatable bonds is 5. The van der Waals surface area contributed by atoms with Crippen LogP contribution in [0, 0.1) is 0 Å². The minimum absolute atomic E-state index is 0.111. The van der Waals surface area contributed by atoms with Crippen LogP contribution in [0.2, 0.25) is 0 Å². The van der Waals surface area contributed by atoms with Crippen LogP contribution in [-0.2, 0) is 6.42 Å². The second-order valence-electron chi connectivity index (χ2n) is 15.1. The van der Waals surface area contributed by atoms with Gasteiger partial charge in [-0.05, 0) is 63.0 Å². The van der Waals surface area contributed by atoms with Gasteiger partial charge in [-0.25, -0.2) is 15.0 Å². The number of hydrogen-bond acceptors (Lipinski definition) is 4. The molecule has 0 N–H and O–H groups in total. The number of furan rings is 1. The second-order valence-corrected chi connectivity index (χ2v) is 15.1. The number of fused-ring (bicyclic) bond motifs is 8. The summed E-state index contributed by atoms with van der Waals surface area (Å²) >= 11 is 0. The van der Waals surface area contributed by atoms with Crippen molar-refractivity contribution in [1.82, 2.24) is 19.5 Å². The van der Waals surface area contributed by atoms with Gasteiger partial charge in [0.25, 0.3) is 0 Å². The summed E-state index contributed by atoms with van der Waals surface area (Å²) in [6.45, 7) is 0. The smallest absolute Gasteiger partial charge is 0.163 e. The van der Waals surface area contributed by atoms with E-state index in [2.05, 4.69) is 193 Å². The molecule has 0 radical (unpaired) electrons. The molecule has 12 rings (SSSR count). The van der Waals surface area contributed by atoms with E-state index >= 15 is 0 Å². The van der Waals surface area contributed by atoms with Gasteiger partial charge in [-0.2, -0.15) is 0 Å².